The van der Waals surface area contributed by atoms with E-state index in [0.717, 1.165) is 25.9 Å². The molecule has 1 aliphatic rings. The molecule has 0 amide bonds. The Bertz CT molecular complexity index is 220. The molecular weight excluding hydrogens is 229 g/mol. The summed E-state index contributed by atoms with van der Waals surface area (Å²) in [6.07, 6.45) is -2.91. The maximum Gasteiger partial charge on any atom is 0.390 e. The summed E-state index contributed by atoms with van der Waals surface area (Å²) < 4.78 is 36.5. The number of nitrogens with zero attached hydrogens (tertiary/aromatic N) is 1. The summed E-state index contributed by atoms with van der Waals surface area (Å²) in [6.45, 7) is 7.88. The summed E-state index contributed by atoms with van der Waals surface area (Å²) in [7, 11) is 0. The second-order valence-corrected chi connectivity index (χ2v) is 5.29. The maximum atomic E-state index is 12.2. The molecule has 1 N–H and O–H groups in total. The van der Waals surface area contributed by atoms with E-state index >= 15 is 0 Å². The van der Waals surface area contributed by atoms with Crippen LogP contribution in [0.1, 0.15) is 40.0 Å². The fraction of sp³-hybridized carbons (Fsp3) is 1.00. The van der Waals surface area contributed by atoms with E-state index in [1.165, 1.54) is 0 Å². The van der Waals surface area contributed by atoms with Gasteiger partial charge in [-0.1, -0.05) is 0 Å². The first-order chi connectivity index (χ1) is 7.78. The fourth-order valence-electron chi connectivity index (χ4n) is 2.39. The van der Waals surface area contributed by atoms with Crippen molar-refractivity contribution in [3.63, 3.8) is 0 Å². The quantitative estimate of drug-likeness (QED) is 0.827. The van der Waals surface area contributed by atoms with Crippen molar-refractivity contribution < 1.29 is 13.2 Å². The molecule has 0 aliphatic carbocycles. The average Bonchev–Trinajstić information content (AvgIpc) is 2.15. The van der Waals surface area contributed by atoms with Crippen molar-refractivity contribution in [2.24, 2.45) is 0 Å². The number of rotatable bonds is 4. The SMILES string of the molecule is CC(CC(F)(F)F)NC1CCN(C(C)C)CC1. The predicted molar refractivity (Wildman–Crippen MR) is 63.0 cm³/mol. The van der Waals surface area contributed by atoms with E-state index in [9.17, 15) is 13.2 Å². The van der Waals surface area contributed by atoms with Gasteiger partial charge in [-0.2, -0.15) is 13.2 Å². The van der Waals surface area contributed by atoms with E-state index < -0.39 is 18.6 Å². The van der Waals surface area contributed by atoms with Crippen molar-refractivity contribution >= 4 is 0 Å². The normalized spacial score (nSPS) is 22.1. The van der Waals surface area contributed by atoms with Crippen LogP contribution in [0.25, 0.3) is 0 Å². The Morgan fingerprint density at radius 2 is 1.71 bits per heavy atom. The van der Waals surface area contributed by atoms with Crippen LogP contribution in [-0.4, -0.2) is 42.3 Å². The molecule has 1 fully saturated rings. The molecule has 17 heavy (non-hydrogen) atoms. The number of alkyl halides is 3. The lowest BCUT2D eigenvalue weighted by molar-refractivity contribution is -0.139. The monoisotopic (exact) mass is 252 g/mol. The van der Waals surface area contributed by atoms with E-state index in [0.29, 0.717) is 6.04 Å². The first kappa shape index (κ1) is 14.8. The van der Waals surface area contributed by atoms with Gasteiger partial charge in [0.2, 0.25) is 0 Å². The average molecular weight is 252 g/mol. The van der Waals surface area contributed by atoms with Crippen LogP contribution in [0, 0.1) is 0 Å². The van der Waals surface area contributed by atoms with Crippen molar-refractivity contribution in [2.75, 3.05) is 13.1 Å². The molecule has 0 aromatic carbocycles. The van der Waals surface area contributed by atoms with Crippen molar-refractivity contribution in [3.8, 4) is 0 Å². The third-order valence-corrected chi connectivity index (χ3v) is 3.32. The van der Waals surface area contributed by atoms with Gasteiger partial charge in [-0.15, -0.1) is 0 Å². The molecule has 0 spiro atoms. The molecule has 0 saturated carbocycles. The Kier molecular flexibility index (Phi) is 5.25. The van der Waals surface area contributed by atoms with E-state index in [1.54, 1.807) is 6.92 Å². The summed E-state index contributed by atoms with van der Waals surface area (Å²) in [6, 6.07) is 0.288. The van der Waals surface area contributed by atoms with Crippen LogP contribution in [0.2, 0.25) is 0 Å². The zero-order chi connectivity index (χ0) is 13.1. The van der Waals surface area contributed by atoms with Gasteiger partial charge in [-0.3, -0.25) is 0 Å². The number of likely N-dealkylation sites (tertiary alicyclic amines) is 1. The van der Waals surface area contributed by atoms with Gasteiger partial charge in [-0.25, -0.2) is 0 Å². The highest BCUT2D eigenvalue weighted by atomic mass is 19.4. The Hall–Kier alpha value is -0.290. The van der Waals surface area contributed by atoms with Gasteiger partial charge in [0.05, 0.1) is 6.42 Å². The highest BCUT2D eigenvalue weighted by Crippen LogP contribution is 2.22. The minimum absolute atomic E-state index is 0.238. The summed E-state index contributed by atoms with van der Waals surface area (Å²) >= 11 is 0. The Balaban J connectivity index is 2.26. The van der Waals surface area contributed by atoms with Crippen LogP contribution >= 0.6 is 0 Å². The van der Waals surface area contributed by atoms with Crippen LogP contribution in [0.3, 0.4) is 0 Å². The molecule has 1 atom stereocenters. The third kappa shape index (κ3) is 5.73. The van der Waals surface area contributed by atoms with Crippen LogP contribution in [-0.2, 0) is 0 Å². The first-order valence-electron chi connectivity index (χ1n) is 6.35. The molecule has 1 rings (SSSR count). The Morgan fingerprint density at radius 1 is 1.18 bits per heavy atom. The van der Waals surface area contributed by atoms with Gasteiger partial charge in [-0.05, 0) is 46.7 Å². The Labute approximate surface area is 102 Å². The highest BCUT2D eigenvalue weighted by molar-refractivity contribution is 4.81. The smallest absolute Gasteiger partial charge is 0.311 e. The zero-order valence-electron chi connectivity index (χ0n) is 10.8. The number of nitrogens with one attached hydrogen (secondary N) is 1. The second kappa shape index (κ2) is 6.05. The minimum Gasteiger partial charge on any atom is -0.311 e. The number of hydrogen-bond donors (Lipinski definition) is 1. The van der Waals surface area contributed by atoms with Crippen LogP contribution < -0.4 is 5.32 Å². The van der Waals surface area contributed by atoms with Gasteiger partial charge in [0, 0.05) is 18.1 Å². The summed E-state index contributed by atoms with van der Waals surface area (Å²) in [5.74, 6) is 0. The maximum absolute atomic E-state index is 12.2. The largest absolute Gasteiger partial charge is 0.390 e. The molecule has 5 heteroatoms. The van der Waals surface area contributed by atoms with E-state index in [-0.39, 0.29) is 6.04 Å². The van der Waals surface area contributed by atoms with Crippen LogP contribution in [0.5, 0.6) is 0 Å². The van der Waals surface area contributed by atoms with Crippen molar-refractivity contribution in [1.29, 1.82) is 0 Å². The van der Waals surface area contributed by atoms with E-state index in [4.69, 9.17) is 0 Å². The topological polar surface area (TPSA) is 15.3 Å². The molecule has 0 aromatic heterocycles. The van der Waals surface area contributed by atoms with Gasteiger partial charge >= 0.3 is 6.18 Å². The van der Waals surface area contributed by atoms with E-state index in [2.05, 4.69) is 24.1 Å². The summed E-state index contributed by atoms with van der Waals surface area (Å²) in [5.41, 5.74) is 0. The lowest BCUT2D eigenvalue weighted by Gasteiger charge is -2.36. The third-order valence-electron chi connectivity index (χ3n) is 3.32. The molecule has 1 heterocycles. The lowest BCUT2D eigenvalue weighted by atomic mass is 10.0. The summed E-state index contributed by atoms with van der Waals surface area (Å²) in [4.78, 5) is 2.37. The molecule has 2 nitrogen and oxygen atoms in total. The Morgan fingerprint density at radius 3 is 2.12 bits per heavy atom. The van der Waals surface area contributed by atoms with Gasteiger partial charge in [0.1, 0.15) is 0 Å². The zero-order valence-corrected chi connectivity index (χ0v) is 10.8. The molecular formula is C12H23F3N2. The lowest BCUT2D eigenvalue weighted by Crippen LogP contribution is -2.48. The molecule has 0 bridgehead atoms. The van der Waals surface area contributed by atoms with Crippen molar-refractivity contribution in [3.05, 3.63) is 0 Å². The van der Waals surface area contributed by atoms with Crippen LogP contribution in [0.4, 0.5) is 13.2 Å². The first-order valence-corrected chi connectivity index (χ1v) is 6.35. The van der Waals surface area contributed by atoms with Crippen molar-refractivity contribution in [1.82, 2.24) is 10.2 Å². The molecule has 1 aliphatic heterocycles. The van der Waals surface area contributed by atoms with Crippen molar-refractivity contribution in [2.45, 2.75) is 64.3 Å². The predicted octanol–water partition coefficient (Wildman–Crippen LogP) is 2.79. The van der Waals surface area contributed by atoms with Gasteiger partial charge in [0.25, 0.3) is 0 Å². The number of hydrogen-bond acceptors (Lipinski definition) is 2. The van der Waals surface area contributed by atoms with E-state index in [1.807, 2.05) is 0 Å². The fourth-order valence-corrected chi connectivity index (χ4v) is 2.39. The molecule has 0 aromatic rings. The minimum atomic E-state index is -4.06. The molecule has 102 valence electrons. The number of halogens is 3. The highest BCUT2D eigenvalue weighted by Gasteiger charge is 2.31. The molecule has 1 unspecified atom stereocenters. The second-order valence-electron chi connectivity index (χ2n) is 5.29. The molecule has 1 saturated heterocycles. The van der Waals surface area contributed by atoms with Gasteiger partial charge in [0.15, 0.2) is 0 Å². The number of piperidine rings is 1. The van der Waals surface area contributed by atoms with Crippen LogP contribution in [0.15, 0.2) is 0 Å². The standard InChI is InChI=1S/C12H23F3N2/c1-9(2)17-6-4-11(5-7-17)16-10(3)8-12(13,14)15/h9-11,16H,4-8H2,1-3H3. The molecule has 0 radical (unpaired) electrons. The summed E-state index contributed by atoms with van der Waals surface area (Å²) in [5, 5.41) is 3.09. The van der Waals surface area contributed by atoms with Gasteiger partial charge < -0.3 is 10.2 Å².